The van der Waals surface area contributed by atoms with Gasteiger partial charge in [0.1, 0.15) is 0 Å². The number of aromatic nitrogens is 2. The highest BCUT2D eigenvalue weighted by Crippen LogP contribution is 2.38. The van der Waals surface area contributed by atoms with Gasteiger partial charge in [-0.15, -0.1) is 0 Å². The van der Waals surface area contributed by atoms with Gasteiger partial charge in [0.2, 0.25) is 0 Å². The van der Waals surface area contributed by atoms with Gasteiger partial charge in [0.25, 0.3) is 0 Å². The van der Waals surface area contributed by atoms with Crippen LogP contribution in [-0.4, -0.2) is 22.6 Å². The molecule has 1 unspecified atom stereocenters. The molecule has 0 radical (unpaired) electrons. The van der Waals surface area contributed by atoms with Crippen molar-refractivity contribution in [1.82, 2.24) is 9.55 Å². The Labute approximate surface area is 126 Å². The Kier molecular flexibility index (Phi) is 3.97. The van der Waals surface area contributed by atoms with Crippen molar-refractivity contribution in [3.05, 3.63) is 48.0 Å². The number of nitrogens with two attached hydrogens (primary N) is 1. The van der Waals surface area contributed by atoms with E-state index in [4.69, 9.17) is 5.73 Å². The van der Waals surface area contributed by atoms with Crippen LogP contribution in [0, 0.1) is 6.92 Å². The van der Waals surface area contributed by atoms with Gasteiger partial charge < -0.3 is 15.2 Å². The standard InChI is InChI=1S/C17H24N4/c1-3-20(15-7-5-4-6-13(15)2)16(10-18)17-11-19-12-21(17)14-8-9-14/h4-7,11-12,14,16H,3,8-10,18H2,1-2H3. The number of benzene rings is 1. The Bertz CT molecular complexity index is 600. The zero-order valence-electron chi connectivity index (χ0n) is 12.9. The normalized spacial score (nSPS) is 16.0. The van der Waals surface area contributed by atoms with Crippen LogP contribution >= 0.6 is 0 Å². The highest BCUT2D eigenvalue weighted by Gasteiger charge is 2.29. The van der Waals surface area contributed by atoms with E-state index in [2.05, 4.69) is 52.6 Å². The summed E-state index contributed by atoms with van der Waals surface area (Å²) in [6, 6.07) is 9.32. The van der Waals surface area contributed by atoms with E-state index in [1.807, 2.05) is 12.5 Å². The third-order valence-corrected chi connectivity index (χ3v) is 4.34. The first-order chi connectivity index (χ1) is 10.3. The molecule has 1 aromatic heterocycles. The molecule has 112 valence electrons. The molecule has 1 aromatic carbocycles. The molecule has 1 atom stereocenters. The second-order valence-corrected chi connectivity index (χ2v) is 5.78. The zero-order valence-corrected chi connectivity index (χ0v) is 12.9. The number of aryl methyl sites for hydroxylation is 1. The SMILES string of the molecule is CCN(c1ccccc1C)C(CN)c1cncn1C1CC1. The second kappa shape index (κ2) is 5.90. The minimum Gasteiger partial charge on any atom is -0.362 e. The highest BCUT2D eigenvalue weighted by molar-refractivity contribution is 5.54. The molecule has 0 spiro atoms. The van der Waals surface area contributed by atoms with E-state index in [0.29, 0.717) is 12.6 Å². The Morgan fingerprint density at radius 1 is 1.38 bits per heavy atom. The number of para-hydroxylation sites is 1. The molecule has 4 nitrogen and oxygen atoms in total. The van der Waals surface area contributed by atoms with Crippen molar-refractivity contribution in [2.24, 2.45) is 5.73 Å². The monoisotopic (exact) mass is 284 g/mol. The summed E-state index contributed by atoms with van der Waals surface area (Å²) in [4.78, 5) is 6.76. The summed E-state index contributed by atoms with van der Waals surface area (Å²) in [6.07, 6.45) is 6.46. The number of anilines is 1. The van der Waals surface area contributed by atoms with E-state index in [1.165, 1.54) is 29.8 Å². The lowest BCUT2D eigenvalue weighted by atomic mass is 10.1. The lowest BCUT2D eigenvalue weighted by Gasteiger charge is -2.33. The minimum absolute atomic E-state index is 0.180. The van der Waals surface area contributed by atoms with Gasteiger partial charge in [0, 0.05) is 24.8 Å². The van der Waals surface area contributed by atoms with Crippen LogP contribution in [0.1, 0.15) is 43.1 Å². The van der Waals surface area contributed by atoms with Crippen LogP contribution in [0.3, 0.4) is 0 Å². The number of rotatable bonds is 6. The van der Waals surface area contributed by atoms with Gasteiger partial charge in [0.05, 0.1) is 24.3 Å². The molecule has 4 heteroatoms. The summed E-state index contributed by atoms with van der Waals surface area (Å²) in [5.74, 6) is 0. The summed E-state index contributed by atoms with van der Waals surface area (Å²) < 4.78 is 2.32. The summed E-state index contributed by atoms with van der Waals surface area (Å²) in [7, 11) is 0. The molecule has 21 heavy (non-hydrogen) atoms. The predicted octanol–water partition coefficient (Wildman–Crippen LogP) is 3.05. The van der Waals surface area contributed by atoms with Crippen molar-refractivity contribution in [3.63, 3.8) is 0 Å². The van der Waals surface area contributed by atoms with Crippen molar-refractivity contribution >= 4 is 5.69 Å². The smallest absolute Gasteiger partial charge is 0.0951 e. The van der Waals surface area contributed by atoms with Crippen molar-refractivity contribution in [1.29, 1.82) is 0 Å². The molecule has 2 aromatic rings. The number of nitrogens with zero attached hydrogens (tertiary/aromatic N) is 3. The molecule has 1 saturated carbocycles. The Hall–Kier alpha value is -1.81. The van der Waals surface area contributed by atoms with Crippen LogP contribution < -0.4 is 10.6 Å². The summed E-state index contributed by atoms with van der Waals surface area (Å²) in [5.41, 5.74) is 9.93. The predicted molar refractivity (Wildman–Crippen MR) is 86.5 cm³/mol. The molecule has 0 aliphatic heterocycles. The zero-order chi connectivity index (χ0) is 14.8. The number of imidazole rings is 1. The number of likely N-dealkylation sites (N-methyl/N-ethyl adjacent to an activating group) is 1. The van der Waals surface area contributed by atoms with Gasteiger partial charge in [-0.1, -0.05) is 18.2 Å². The van der Waals surface area contributed by atoms with Crippen molar-refractivity contribution in [2.75, 3.05) is 18.0 Å². The maximum atomic E-state index is 6.13. The molecule has 0 amide bonds. The van der Waals surface area contributed by atoms with Gasteiger partial charge in [-0.2, -0.15) is 0 Å². The molecular formula is C17H24N4. The molecule has 1 aliphatic carbocycles. The quantitative estimate of drug-likeness (QED) is 0.887. The first-order valence-electron chi connectivity index (χ1n) is 7.80. The Balaban J connectivity index is 1.97. The average molecular weight is 284 g/mol. The van der Waals surface area contributed by atoms with Crippen LogP contribution in [-0.2, 0) is 0 Å². The number of hydrogen-bond acceptors (Lipinski definition) is 3. The van der Waals surface area contributed by atoms with Gasteiger partial charge >= 0.3 is 0 Å². The highest BCUT2D eigenvalue weighted by atomic mass is 15.2. The lowest BCUT2D eigenvalue weighted by Crippen LogP contribution is -2.35. The second-order valence-electron chi connectivity index (χ2n) is 5.78. The largest absolute Gasteiger partial charge is 0.362 e. The van der Waals surface area contributed by atoms with E-state index in [-0.39, 0.29) is 6.04 Å². The molecule has 1 aliphatic rings. The summed E-state index contributed by atoms with van der Waals surface area (Å²) >= 11 is 0. The van der Waals surface area contributed by atoms with Crippen molar-refractivity contribution in [2.45, 2.75) is 38.8 Å². The fourth-order valence-corrected chi connectivity index (χ4v) is 3.08. The maximum Gasteiger partial charge on any atom is 0.0951 e. The first-order valence-corrected chi connectivity index (χ1v) is 7.80. The Morgan fingerprint density at radius 3 is 2.76 bits per heavy atom. The van der Waals surface area contributed by atoms with Crippen molar-refractivity contribution in [3.8, 4) is 0 Å². The average Bonchev–Trinajstić information content (AvgIpc) is 3.24. The van der Waals surface area contributed by atoms with E-state index in [9.17, 15) is 0 Å². The fraction of sp³-hybridized carbons (Fsp3) is 0.471. The molecule has 1 heterocycles. The number of hydrogen-bond donors (Lipinski definition) is 1. The topological polar surface area (TPSA) is 47.1 Å². The van der Waals surface area contributed by atoms with Crippen LogP contribution in [0.15, 0.2) is 36.8 Å². The van der Waals surface area contributed by atoms with Gasteiger partial charge in [-0.3, -0.25) is 0 Å². The molecule has 1 fully saturated rings. The van der Waals surface area contributed by atoms with E-state index in [0.717, 1.165) is 6.54 Å². The van der Waals surface area contributed by atoms with Crippen LogP contribution in [0.5, 0.6) is 0 Å². The van der Waals surface area contributed by atoms with Crippen LogP contribution in [0.2, 0.25) is 0 Å². The van der Waals surface area contributed by atoms with Crippen LogP contribution in [0.4, 0.5) is 5.69 Å². The molecular weight excluding hydrogens is 260 g/mol. The summed E-state index contributed by atoms with van der Waals surface area (Å²) in [5, 5.41) is 0. The van der Waals surface area contributed by atoms with E-state index >= 15 is 0 Å². The van der Waals surface area contributed by atoms with Crippen molar-refractivity contribution < 1.29 is 0 Å². The third-order valence-electron chi connectivity index (χ3n) is 4.34. The van der Waals surface area contributed by atoms with Gasteiger partial charge in [0.15, 0.2) is 0 Å². The molecule has 0 saturated heterocycles. The maximum absolute atomic E-state index is 6.13. The molecule has 2 N–H and O–H groups in total. The molecule has 0 bridgehead atoms. The van der Waals surface area contributed by atoms with E-state index in [1.54, 1.807) is 0 Å². The van der Waals surface area contributed by atoms with Gasteiger partial charge in [-0.05, 0) is 38.3 Å². The lowest BCUT2D eigenvalue weighted by molar-refractivity contribution is 0.575. The fourth-order valence-electron chi connectivity index (χ4n) is 3.08. The minimum atomic E-state index is 0.180. The van der Waals surface area contributed by atoms with Gasteiger partial charge in [-0.25, -0.2) is 4.98 Å². The van der Waals surface area contributed by atoms with E-state index < -0.39 is 0 Å². The van der Waals surface area contributed by atoms with Crippen LogP contribution in [0.25, 0.3) is 0 Å². The third kappa shape index (κ3) is 2.68. The Morgan fingerprint density at radius 2 is 2.14 bits per heavy atom. The molecule has 3 rings (SSSR count). The summed E-state index contributed by atoms with van der Waals surface area (Å²) in [6.45, 7) is 5.87. The first kappa shape index (κ1) is 14.1.